The molecule has 11 N–H and O–H groups in total. The fourth-order valence-corrected chi connectivity index (χ4v) is 5.49. The average molecular weight is 755 g/mol. The average Bonchev–Trinajstić information content (AvgIpc) is 3.44. The number of nitrogens with two attached hydrogens (primary N) is 2. The third kappa shape index (κ3) is 14.4. The number of hydrogen-bond acceptors (Lipinski definition) is 10. The Hall–Kier alpha value is -6.34. The van der Waals surface area contributed by atoms with Gasteiger partial charge in [-0.05, 0) is 37.7 Å². The Kier molecular flexibility index (Phi) is 16.6. The third-order valence-corrected chi connectivity index (χ3v) is 8.29. The van der Waals surface area contributed by atoms with Gasteiger partial charge in [-0.1, -0.05) is 30.3 Å². The van der Waals surface area contributed by atoms with Crippen LogP contribution >= 0.6 is 0 Å². The van der Waals surface area contributed by atoms with Gasteiger partial charge in [-0.15, -0.1) is 0 Å². The number of unbranched alkanes of at least 4 members (excludes halogenated alkanes) is 1. The summed E-state index contributed by atoms with van der Waals surface area (Å²) in [6.45, 7) is -0.477. The van der Waals surface area contributed by atoms with Crippen molar-refractivity contribution in [2.24, 2.45) is 16.5 Å². The molecule has 1 fully saturated rings. The number of imide groups is 1. The Balaban J connectivity index is 1.80. The molecule has 8 amide bonds. The number of nitrogens with one attached hydrogen (secondary N) is 6. The van der Waals surface area contributed by atoms with Crippen LogP contribution in [0.1, 0.15) is 50.5 Å². The standard InChI is InChI=1S/C34H46N10O10/c35-34(36)38-15-6-10-21-30(51)39-19-26(46)40-24(18-29(49)50)33(54)43-23(17-20-7-2-1-3-8-20)32(53)42-22(31(52)41-21)9-4-5-14-37-25(45)13-16-44-27(47)11-12-28(44)48/h1-3,7-8,11-12,21-24H,4-6,9-10,13-19H2,(H,37,45)(H,39,51)(H,40,46)(H,41,52)(H,42,53)(H,43,54)(H,49,50)(H4,35,36,38)/t21?,22?,23-,24-/m1/s1. The van der Waals surface area contributed by atoms with Crippen LogP contribution in [0.5, 0.6) is 0 Å². The number of hydrogen-bond donors (Lipinski definition) is 9. The fourth-order valence-electron chi connectivity index (χ4n) is 5.49. The summed E-state index contributed by atoms with van der Waals surface area (Å²) >= 11 is 0. The molecule has 1 aromatic carbocycles. The number of rotatable bonds is 16. The lowest BCUT2D eigenvalue weighted by Gasteiger charge is -2.26. The maximum absolute atomic E-state index is 13.8. The summed E-state index contributed by atoms with van der Waals surface area (Å²) < 4.78 is 0. The number of carbonyl (C=O) groups is 9. The zero-order valence-electron chi connectivity index (χ0n) is 29.5. The summed E-state index contributed by atoms with van der Waals surface area (Å²) in [6.07, 6.45) is 2.12. The van der Waals surface area contributed by atoms with E-state index in [-0.39, 0.29) is 64.1 Å². The molecule has 2 unspecified atom stereocenters. The van der Waals surface area contributed by atoms with Gasteiger partial charge in [0, 0.05) is 44.6 Å². The van der Waals surface area contributed by atoms with E-state index in [1.807, 2.05) is 0 Å². The van der Waals surface area contributed by atoms with E-state index in [9.17, 15) is 48.3 Å². The van der Waals surface area contributed by atoms with Gasteiger partial charge in [0.05, 0.1) is 13.0 Å². The topological polar surface area (TPSA) is 314 Å². The van der Waals surface area contributed by atoms with Crippen LogP contribution in [0, 0.1) is 0 Å². The summed E-state index contributed by atoms with van der Waals surface area (Å²) in [4.78, 5) is 119. The maximum atomic E-state index is 13.8. The molecule has 54 heavy (non-hydrogen) atoms. The molecule has 0 spiro atoms. The molecule has 4 atom stereocenters. The molecule has 0 aliphatic carbocycles. The molecule has 2 heterocycles. The Labute approximate surface area is 310 Å². The van der Waals surface area contributed by atoms with Crippen LogP contribution in [0.4, 0.5) is 0 Å². The number of carbonyl (C=O) groups excluding carboxylic acids is 8. The van der Waals surface area contributed by atoms with Gasteiger partial charge in [-0.25, -0.2) is 0 Å². The Bertz CT molecular complexity index is 1610. The van der Waals surface area contributed by atoms with Crippen molar-refractivity contribution in [2.75, 3.05) is 26.2 Å². The lowest BCUT2D eigenvalue weighted by atomic mass is 10.0. The maximum Gasteiger partial charge on any atom is 0.305 e. The molecule has 3 rings (SSSR count). The minimum Gasteiger partial charge on any atom is -0.481 e. The van der Waals surface area contributed by atoms with Crippen LogP contribution in [0.25, 0.3) is 0 Å². The van der Waals surface area contributed by atoms with Crippen LogP contribution < -0.4 is 43.4 Å². The number of nitrogens with zero attached hydrogens (tertiary/aromatic N) is 2. The van der Waals surface area contributed by atoms with Gasteiger partial charge < -0.3 is 48.5 Å². The lowest BCUT2D eigenvalue weighted by molar-refractivity contribution is -0.141. The largest absolute Gasteiger partial charge is 0.481 e. The predicted octanol–water partition coefficient (Wildman–Crippen LogP) is -3.57. The van der Waals surface area contributed by atoms with E-state index in [0.29, 0.717) is 12.0 Å². The van der Waals surface area contributed by atoms with E-state index in [1.54, 1.807) is 30.3 Å². The highest BCUT2D eigenvalue weighted by molar-refractivity contribution is 6.13. The second-order valence-corrected chi connectivity index (χ2v) is 12.5. The molecule has 1 saturated heterocycles. The minimum atomic E-state index is -1.61. The first-order valence-electron chi connectivity index (χ1n) is 17.3. The van der Waals surface area contributed by atoms with Crippen molar-refractivity contribution in [1.29, 1.82) is 0 Å². The van der Waals surface area contributed by atoms with Crippen molar-refractivity contribution in [1.82, 2.24) is 36.8 Å². The first-order chi connectivity index (χ1) is 25.7. The highest BCUT2D eigenvalue weighted by Crippen LogP contribution is 2.10. The quantitative estimate of drug-likeness (QED) is 0.0343. The molecule has 20 heteroatoms. The normalized spacial score (nSPS) is 21.1. The smallest absolute Gasteiger partial charge is 0.305 e. The SMILES string of the molecule is NC(N)=NCCCC1NC(=O)C(CCCCNC(=O)CCN2C(=O)C=CC2=O)NC(=O)[C@@H](Cc2ccccc2)NC(=O)[C@@H](CC(=O)O)NC(=O)CNC1=O. The number of amides is 8. The van der Waals surface area contributed by atoms with Gasteiger partial charge in [0.2, 0.25) is 35.4 Å². The van der Waals surface area contributed by atoms with Crippen molar-refractivity contribution < 1.29 is 48.3 Å². The monoisotopic (exact) mass is 754 g/mol. The number of benzene rings is 1. The second-order valence-electron chi connectivity index (χ2n) is 12.5. The van der Waals surface area contributed by atoms with Crippen LogP contribution in [0.3, 0.4) is 0 Å². The number of carboxylic acid groups (broad SMARTS) is 1. The van der Waals surface area contributed by atoms with Crippen LogP contribution in [-0.2, 0) is 49.6 Å². The van der Waals surface area contributed by atoms with Gasteiger partial charge in [-0.2, -0.15) is 0 Å². The van der Waals surface area contributed by atoms with Gasteiger partial charge in [0.15, 0.2) is 5.96 Å². The van der Waals surface area contributed by atoms with E-state index in [0.717, 1.165) is 17.1 Å². The molecule has 0 radical (unpaired) electrons. The van der Waals surface area contributed by atoms with E-state index >= 15 is 0 Å². The molecule has 0 bridgehead atoms. The molecule has 0 saturated carbocycles. The van der Waals surface area contributed by atoms with Gasteiger partial charge in [0.1, 0.15) is 24.2 Å². The summed E-state index contributed by atoms with van der Waals surface area (Å²) in [5, 5.41) is 24.6. The van der Waals surface area contributed by atoms with Crippen molar-refractivity contribution >= 4 is 59.2 Å². The summed E-state index contributed by atoms with van der Waals surface area (Å²) in [5.41, 5.74) is 11.4. The molecule has 2 aliphatic heterocycles. The number of aliphatic carboxylic acids is 1. The third-order valence-electron chi connectivity index (χ3n) is 8.29. The van der Waals surface area contributed by atoms with Gasteiger partial charge in [-0.3, -0.25) is 53.0 Å². The van der Waals surface area contributed by atoms with Crippen LogP contribution in [0.2, 0.25) is 0 Å². The number of carboxylic acids is 1. The Morgan fingerprint density at radius 1 is 0.778 bits per heavy atom. The van der Waals surface area contributed by atoms with Crippen molar-refractivity contribution in [2.45, 2.75) is 75.5 Å². The zero-order chi connectivity index (χ0) is 39.6. The van der Waals surface area contributed by atoms with E-state index < -0.39 is 90.4 Å². The lowest BCUT2D eigenvalue weighted by Crippen LogP contribution is -2.58. The molecule has 20 nitrogen and oxygen atoms in total. The molecule has 2 aliphatic rings. The molecular formula is C34H46N10O10. The summed E-state index contributed by atoms with van der Waals surface area (Å²) in [5.74, 6) is -7.22. The van der Waals surface area contributed by atoms with E-state index in [1.165, 1.54) is 0 Å². The summed E-state index contributed by atoms with van der Waals surface area (Å²) in [7, 11) is 0. The minimum absolute atomic E-state index is 0.0195. The van der Waals surface area contributed by atoms with Gasteiger partial charge in [0.25, 0.3) is 11.8 Å². The van der Waals surface area contributed by atoms with Crippen LogP contribution in [0.15, 0.2) is 47.5 Å². The second kappa shape index (κ2) is 21.2. The molecular weight excluding hydrogens is 708 g/mol. The highest BCUT2D eigenvalue weighted by Gasteiger charge is 2.33. The van der Waals surface area contributed by atoms with Gasteiger partial charge >= 0.3 is 5.97 Å². The first-order valence-corrected chi connectivity index (χ1v) is 17.3. The Morgan fingerprint density at radius 2 is 1.37 bits per heavy atom. The Morgan fingerprint density at radius 3 is 2.02 bits per heavy atom. The summed E-state index contributed by atoms with van der Waals surface area (Å²) in [6, 6.07) is 3.16. The van der Waals surface area contributed by atoms with E-state index in [4.69, 9.17) is 11.5 Å². The first kappa shape index (κ1) is 42.1. The fraction of sp³-hybridized carbons (Fsp3) is 0.471. The number of aliphatic imine (C=N–C) groups is 1. The zero-order valence-corrected chi connectivity index (χ0v) is 29.5. The van der Waals surface area contributed by atoms with Crippen molar-refractivity contribution in [3.63, 3.8) is 0 Å². The molecule has 0 aromatic heterocycles. The highest BCUT2D eigenvalue weighted by atomic mass is 16.4. The predicted molar refractivity (Wildman–Crippen MR) is 190 cm³/mol. The molecule has 292 valence electrons. The van der Waals surface area contributed by atoms with Crippen molar-refractivity contribution in [3.05, 3.63) is 48.0 Å². The van der Waals surface area contributed by atoms with Crippen LogP contribution in [-0.4, -0.2) is 120 Å². The molecule has 1 aromatic rings. The van der Waals surface area contributed by atoms with Crippen molar-refractivity contribution in [3.8, 4) is 0 Å². The van der Waals surface area contributed by atoms with E-state index in [2.05, 4.69) is 36.9 Å². The number of guanidine groups is 1.